The molecule has 172 valence electrons. The molecule has 0 saturated carbocycles. The Morgan fingerprint density at radius 1 is 1.15 bits per heavy atom. The highest BCUT2D eigenvalue weighted by atomic mass is 32.2. The molecule has 4 rings (SSSR count). The van der Waals surface area contributed by atoms with Crippen LogP contribution in [0.1, 0.15) is 24.8 Å². The fourth-order valence-electron chi connectivity index (χ4n) is 3.61. The van der Waals surface area contributed by atoms with Gasteiger partial charge in [-0.3, -0.25) is 19.5 Å². The van der Waals surface area contributed by atoms with Gasteiger partial charge >= 0.3 is 0 Å². The van der Waals surface area contributed by atoms with Crippen LogP contribution >= 0.6 is 11.8 Å². The van der Waals surface area contributed by atoms with Crippen molar-refractivity contribution >= 4 is 35.0 Å². The molecule has 1 aromatic heterocycles. The van der Waals surface area contributed by atoms with E-state index in [1.807, 2.05) is 35.8 Å². The first-order chi connectivity index (χ1) is 15.9. The minimum Gasteiger partial charge on any atom is -0.341 e. The van der Waals surface area contributed by atoms with Crippen LogP contribution in [0.5, 0.6) is 0 Å². The lowest BCUT2D eigenvalue weighted by molar-refractivity contribution is -0.384. The van der Waals surface area contributed by atoms with Crippen molar-refractivity contribution in [3.8, 4) is 5.69 Å². The molecular formula is C22H23FN6O3S. The number of nitro benzene ring substituents is 1. The van der Waals surface area contributed by atoms with E-state index in [0.717, 1.165) is 61.3 Å². The fourth-order valence-corrected chi connectivity index (χ4v) is 4.36. The van der Waals surface area contributed by atoms with Crippen molar-refractivity contribution in [1.29, 1.82) is 0 Å². The smallest absolute Gasteiger partial charge is 0.271 e. The van der Waals surface area contributed by atoms with Crippen molar-refractivity contribution in [1.82, 2.24) is 14.8 Å². The Morgan fingerprint density at radius 3 is 2.58 bits per heavy atom. The predicted octanol–water partition coefficient (Wildman–Crippen LogP) is 4.34. The summed E-state index contributed by atoms with van der Waals surface area (Å²) >= 11 is 1.17. The first kappa shape index (κ1) is 22.7. The molecule has 0 bridgehead atoms. The molecule has 3 aromatic rings. The van der Waals surface area contributed by atoms with Gasteiger partial charge in [-0.2, -0.15) is 0 Å². The molecule has 1 aliphatic rings. The number of rotatable bonds is 7. The summed E-state index contributed by atoms with van der Waals surface area (Å²) in [5.41, 5.74) is 1.48. The topological polar surface area (TPSA) is 106 Å². The summed E-state index contributed by atoms with van der Waals surface area (Å²) in [4.78, 5) is 25.0. The first-order valence-electron chi connectivity index (χ1n) is 10.6. The second-order valence-corrected chi connectivity index (χ2v) is 8.70. The number of nitrogens with zero attached hydrogens (tertiary/aromatic N) is 5. The third-order valence-electron chi connectivity index (χ3n) is 5.31. The second kappa shape index (κ2) is 9.99. The van der Waals surface area contributed by atoms with Crippen LogP contribution in [0.2, 0.25) is 0 Å². The van der Waals surface area contributed by atoms with Gasteiger partial charge < -0.3 is 10.2 Å². The van der Waals surface area contributed by atoms with Gasteiger partial charge in [-0.1, -0.05) is 29.5 Å². The molecule has 2 heterocycles. The van der Waals surface area contributed by atoms with Gasteiger partial charge in [0.25, 0.3) is 5.69 Å². The van der Waals surface area contributed by atoms with E-state index in [0.29, 0.717) is 5.16 Å². The number of anilines is 2. The van der Waals surface area contributed by atoms with Gasteiger partial charge in [0.1, 0.15) is 5.82 Å². The Hall–Kier alpha value is -3.47. The number of amides is 1. The standard InChI is InChI=1S/C22H23FN6O3S/c1-15-5-7-16(8-6-15)28-21(27-11-3-2-4-12-27)25-26-22(28)33-14-20(30)24-19-13-17(29(31)32)9-10-18(19)23/h5-10,13H,2-4,11-12,14H2,1H3,(H,24,30). The van der Waals surface area contributed by atoms with E-state index in [2.05, 4.69) is 20.4 Å². The van der Waals surface area contributed by atoms with E-state index in [4.69, 9.17) is 0 Å². The van der Waals surface area contributed by atoms with Crippen LogP contribution < -0.4 is 10.2 Å². The van der Waals surface area contributed by atoms with Crippen molar-refractivity contribution in [2.24, 2.45) is 0 Å². The number of nitrogens with one attached hydrogen (secondary N) is 1. The third-order valence-corrected chi connectivity index (χ3v) is 6.24. The number of thioether (sulfide) groups is 1. The summed E-state index contributed by atoms with van der Waals surface area (Å²) in [6.45, 7) is 3.79. The van der Waals surface area contributed by atoms with E-state index in [1.54, 1.807) is 0 Å². The van der Waals surface area contributed by atoms with Gasteiger partial charge in [0.15, 0.2) is 5.16 Å². The Kier molecular flexibility index (Phi) is 6.87. The van der Waals surface area contributed by atoms with Gasteiger partial charge in [-0.05, 0) is 44.4 Å². The number of carbonyl (C=O) groups is 1. The van der Waals surface area contributed by atoms with Crippen LogP contribution in [-0.4, -0.2) is 44.4 Å². The van der Waals surface area contributed by atoms with Gasteiger partial charge in [0.2, 0.25) is 11.9 Å². The van der Waals surface area contributed by atoms with Gasteiger partial charge in [0, 0.05) is 25.2 Å². The lowest BCUT2D eigenvalue weighted by atomic mass is 10.1. The van der Waals surface area contributed by atoms with Crippen LogP contribution in [0.4, 0.5) is 21.7 Å². The molecule has 0 unspecified atom stereocenters. The molecular weight excluding hydrogens is 447 g/mol. The normalized spacial score (nSPS) is 13.7. The van der Waals surface area contributed by atoms with Crippen molar-refractivity contribution in [2.45, 2.75) is 31.3 Å². The van der Waals surface area contributed by atoms with Crippen LogP contribution in [-0.2, 0) is 4.79 Å². The summed E-state index contributed by atoms with van der Waals surface area (Å²) in [7, 11) is 0. The maximum atomic E-state index is 14.0. The van der Waals surface area contributed by atoms with Crippen molar-refractivity contribution in [2.75, 3.05) is 29.1 Å². The Bertz CT molecular complexity index is 1160. The number of non-ortho nitro benzene ring substituents is 1. The van der Waals surface area contributed by atoms with Gasteiger partial charge in [-0.15, -0.1) is 10.2 Å². The molecule has 1 amide bonds. The number of hydrogen-bond donors (Lipinski definition) is 1. The maximum absolute atomic E-state index is 14.0. The molecule has 33 heavy (non-hydrogen) atoms. The average Bonchev–Trinajstić information content (AvgIpc) is 3.24. The monoisotopic (exact) mass is 470 g/mol. The molecule has 0 aliphatic carbocycles. The van der Waals surface area contributed by atoms with E-state index in [-0.39, 0.29) is 17.1 Å². The molecule has 1 fully saturated rings. The largest absolute Gasteiger partial charge is 0.341 e. The molecule has 1 N–H and O–H groups in total. The molecule has 1 aliphatic heterocycles. The Balaban J connectivity index is 1.53. The van der Waals surface area contributed by atoms with E-state index in [1.165, 1.54) is 18.2 Å². The molecule has 0 atom stereocenters. The zero-order valence-corrected chi connectivity index (χ0v) is 18.8. The van der Waals surface area contributed by atoms with Crippen molar-refractivity contribution < 1.29 is 14.1 Å². The molecule has 0 radical (unpaired) electrons. The SMILES string of the molecule is Cc1ccc(-n2c(SCC(=O)Nc3cc([N+](=O)[O-])ccc3F)nnc2N2CCCCC2)cc1. The number of halogens is 1. The molecule has 0 spiro atoms. The lowest BCUT2D eigenvalue weighted by Crippen LogP contribution is -2.31. The maximum Gasteiger partial charge on any atom is 0.271 e. The van der Waals surface area contributed by atoms with Crippen LogP contribution in [0, 0.1) is 22.9 Å². The fraction of sp³-hybridized carbons (Fsp3) is 0.318. The Labute approximate surface area is 194 Å². The molecule has 2 aromatic carbocycles. The highest BCUT2D eigenvalue weighted by Crippen LogP contribution is 2.29. The van der Waals surface area contributed by atoms with Crippen molar-refractivity contribution in [3.63, 3.8) is 0 Å². The number of hydrogen-bond acceptors (Lipinski definition) is 7. The summed E-state index contributed by atoms with van der Waals surface area (Å²) in [5, 5.41) is 22.6. The zero-order chi connectivity index (χ0) is 23.4. The van der Waals surface area contributed by atoms with Crippen LogP contribution in [0.3, 0.4) is 0 Å². The third kappa shape index (κ3) is 5.30. The first-order valence-corrected chi connectivity index (χ1v) is 11.5. The minimum atomic E-state index is -0.742. The van der Waals surface area contributed by atoms with Crippen molar-refractivity contribution in [3.05, 3.63) is 64.0 Å². The number of benzene rings is 2. The van der Waals surface area contributed by atoms with E-state index >= 15 is 0 Å². The Morgan fingerprint density at radius 2 is 1.88 bits per heavy atom. The number of piperidine rings is 1. The van der Waals surface area contributed by atoms with Crippen LogP contribution in [0.15, 0.2) is 47.6 Å². The summed E-state index contributed by atoms with van der Waals surface area (Å²) < 4.78 is 15.9. The number of aryl methyl sites for hydroxylation is 1. The number of nitro groups is 1. The van der Waals surface area contributed by atoms with Gasteiger partial charge in [0.05, 0.1) is 22.1 Å². The minimum absolute atomic E-state index is 0.0634. The van der Waals surface area contributed by atoms with E-state index < -0.39 is 16.6 Å². The molecule has 1 saturated heterocycles. The number of carbonyl (C=O) groups excluding carboxylic acids is 1. The van der Waals surface area contributed by atoms with E-state index in [9.17, 15) is 19.3 Å². The molecule has 11 heteroatoms. The highest BCUT2D eigenvalue weighted by molar-refractivity contribution is 7.99. The predicted molar refractivity (Wildman–Crippen MR) is 125 cm³/mol. The quantitative estimate of drug-likeness (QED) is 0.311. The summed E-state index contributed by atoms with van der Waals surface area (Å²) in [6.07, 6.45) is 3.35. The molecule has 9 nitrogen and oxygen atoms in total. The average molecular weight is 471 g/mol. The zero-order valence-electron chi connectivity index (χ0n) is 18.0. The summed E-state index contributed by atoms with van der Waals surface area (Å²) in [6, 6.07) is 11.0. The number of aromatic nitrogens is 3. The second-order valence-electron chi connectivity index (χ2n) is 7.76. The summed E-state index contributed by atoms with van der Waals surface area (Å²) in [5.74, 6) is -0.579. The van der Waals surface area contributed by atoms with Gasteiger partial charge in [-0.25, -0.2) is 4.39 Å². The lowest BCUT2D eigenvalue weighted by Gasteiger charge is -2.27. The highest BCUT2D eigenvalue weighted by Gasteiger charge is 2.22. The van der Waals surface area contributed by atoms with Crippen LogP contribution in [0.25, 0.3) is 5.69 Å².